The van der Waals surface area contributed by atoms with Gasteiger partial charge < -0.3 is 9.73 Å². The van der Waals surface area contributed by atoms with Gasteiger partial charge in [-0.15, -0.1) is 0 Å². The summed E-state index contributed by atoms with van der Waals surface area (Å²) in [6, 6.07) is 1.73. The van der Waals surface area contributed by atoms with Crippen LogP contribution in [0.5, 0.6) is 0 Å². The number of rotatable bonds is 2. The van der Waals surface area contributed by atoms with Gasteiger partial charge in [-0.05, 0) is 6.92 Å². The number of hydrogen-bond donors (Lipinski definition) is 1. The fraction of sp³-hybridized carbons (Fsp3) is 0.333. The minimum absolute atomic E-state index is 0.0844. The minimum Gasteiger partial charge on any atom is -0.410 e. The van der Waals surface area contributed by atoms with Crippen LogP contribution < -0.4 is 0 Å². The van der Waals surface area contributed by atoms with E-state index in [4.69, 9.17) is 21.3 Å². The lowest BCUT2D eigenvalue weighted by Crippen LogP contribution is -1.91. The summed E-state index contributed by atoms with van der Waals surface area (Å²) in [5, 5.41) is 14.7. The van der Waals surface area contributed by atoms with Crippen molar-refractivity contribution in [2.75, 3.05) is 0 Å². The van der Waals surface area contributed by atoms with Crippen molar-refractivity contribution in [3.05, 3.63) is 17.5 Å². The van der Waals surface area contributed by atoms with Crippen molar-refractivity contribution in [2.45, 2.75) is 13.3 Å². The van der Waals surface area contributed by atoms with Gasteiger partial charge in [0.15, 0.2) is 5.17 Å². The molecule has 0 aliphatic carbocycles. The molecule has 0 aliphatic rings. The van der Waals surface area contributed by atoms with Crippen LogP contribution in [0.4, 0.5) is 0 Å². The lowest BCUT2D eigenvalue weighted by Gasteiger charge is -1.87. The Morgan fingerprint density at radius 3 is 3.09 bits per heavy atom. The first-order valence-corrected chi connectivity index (χ1v) is 3.39. The largest absolute Gasteiger partial charge is 0.410 e. The fourth-order valence-corrected chi connectivity index (χ4v) is 0.810. The average molecular weight is 175 g/mol. The molecule has 0 saturated heterocycles. The van der Waals surface area contributed by atoms with Gasteiger partial charge in [-0.25, -0.2) is 0 Å². The molecule has 1 heterocycles. The summed E-state index contributed by atoms with van der Waals surface area (Å²) in [6.45, 7) is 1.80. The van der Waals surface area contributed by atoms with E-state index in [1.807, 2.05) is 0 Å². The molecular weight excluding hydrogens is 168 g/mol. The third-order valence-electron chi connectivity index (χ3n) is 1.11. The third kappa shape index (κ3) is 2.23. The molecule has 0 fully saturated rings. The predicted octanol–water partition coefficient (Wildman–Crippen LogP) is 1.55. The highest BCUT2D eigenvalue weighted by atomic mass is 35.5. The number of halogens is 1. The Hall–Kier alpha value is -1.03. The molecule has 0 atom stereocenters. The summed E-state index contributed by atoms with van der Waals surface area (Å²) >= 11 is 5.42. The highest BCUT2D eigenvalue weighted by Gasteiger charge is 2.03. The molecule has 4 nitrogen and oxygen atoms in total. The van der Waals surface area contributed by atoms with Gasteiger partial charge in [0.1, 0.15) is 5.76 Å². The van der Waals surface area contributed by atoms with E-state index in [0.717, 1.165) is 5.69 Å². The van der Waals surface area contributed by atoms with Gasteiger partial charge in [-0.1, -0.05) is 21.9 Å². The number of aromatic nitrogens is 1. The monoisotopic (exact) mass is 174 g/mol. The van der Waals surface area contributed by atoms with Gasteiger partial charge in [0.05, 0.1) is 12.1 Å². The van der Waals surface area contributed by atoms with Crippen molar-refractivity contribution in [1.82, 2.24) is 5.16 Å². The molecule has 0 unspecified atom stereocenters. The molecule has 1 N–H and O–H groups in total. The molecule has 1 aromatic rings. The van der Waals surface area contributed by atoms with Crippen molar-refractivity contribution >= 4 is 16.8 Å². The molecule has 0 spiro atoms. The number of nitrogens with zero attached hydrogens (tertiary/aromatic N) is 2. The number of oxime groups is 1. The predicted molar refractivity (Wildman–Crippen MR) is 40.0 cm³/mol. The molecule has 1 rings (SSSR count). The summed E-state index contributed by atoms with van der Waals surface area (Å²) in [6.07, 6.45) is 0.277. The van der Waals surface area contributed by atoms with Crippen molar-refractivity contribution < 1.29 is 9.73 Å². The van der Waals surface area contributed by atoms with Crippen LogP contribution in [-0.4, -0.2) is 15.5 Å². The third-order valence-corrected chi connectivity index (χ3v) is 1.31. The summed E-state index contributed by atoms with van der Waals surface area (Å²) in [4.78, 5) is 0. The maximum atomic E-state index is 8.20. The van der Waals surface area contributed by atoms with Gasteiger partial charge in [-0.3, -0.25) is 0 Å². The molecule has 60 valence electrons. The maximum absolute atomic E-state index is 8.20. The van der Waals surface area contributed by atoms with E-state index in [-0.39, 0.29) is 11.6 Å². The number of hydrogen-bond acceptors (Lipinski definition) is 4. The van der Waals surface area contributed by atoms with Gasteiger partial charge in [-0.2, -0.15) is 0 Å². The molecule has 0 saturated carbocycles. The fourth-order valence-electron chi connectivity index (χ4n) is 0.679. The Balaban J connectivity index is 2.65. The zero-order valence-corrected chi connectivity index (χ0v) is 6.67. The highest BCUT2D eigenvalue weighted by Crippen LogP contribution is 2.05. The molecule has 1 aromatic heterocycles. The van der Waals surface area contributed by atoms with E-state index in [9.17, 15) is 0 Å². The first-order valence-electron chi connectivity index (χ1n) is 3.01. The SMILES string of the molecule is Cc1cc(C/C(Cl)=N/O)on1. The average Bonchev–Trinajstić information content (AvgIpc) is 2.35. The van der Waals surface area contributed by atoms with E-state index < -0.39 is 0 Å². The first kappa shape index (κ1) is 8.07. The molecular formula is C6H7ClN2O2. The van der Waals surface area contributed by atoms with Crippen LogP contribution >= 0.6 is 11.6 Å². The Labute approximate surface area is 68.4 Å². The lowest BCUT2D eigenvalue weighted by molar-refractivity contribution is 0.318. The van der Waals surface area contributed by atoms with Crippen LogP contribution in [0.3, 0.4) is 0 Å². The topological polar surface area (TPSA) is 58.6 Å². The molecule has 11 heavy (non-hydrogen) atoms. The summed E-state index contributed by atoms with van der Waals surface area (Å²) < 4.78 is 4.81. The Morgan fingerprint density at radius 1 is 1.91 bits per heavy atom. The van der Waals surface area contributed by atoms with Crippen molar-refractivity contribution in [3.63, 3.8) is 0 Å². The van der Waals surface area contributed by atoms with Crippen LogP contribution in [0.15, 0.2) is 15.7 Å². The van der Waals surface area contributed by atoms with Crippen LogP contribution in [0.2, 0.25) is 0 Å². The van der Waals surface area contributed by atoms with E-state index in [2.05, 4.69) is 10.3 Å². The molecule has 0 amide bonds. The first-order chi connectivity index (χ1) is 5.22. The Morgan fingerprint density at radius 2 is 2.64 bits per heavy atom. The zero-order chi connectivity index (χ0) is 8.27. The number of aryl methyl sites for hydroxylation is 1. The minimum atomic E-state index is 0.0844. The smallest absolute Gasteiger partial charge is 0.152 e. The molecule has 5 heteroatoms. The highest BCUT2D eigenvalue weighted by molar-refractivity contribution is 6.65. The van der Waals surface area contributed by atoms with Gasteiger partial charge in [0.2, 0.25) is 0 Å². The second-order valence-corrected chi connectivity index (χ2v) is 2.52. The van der Waals surface area contributed by atoms with Crippen LogP contribution in [-0.2, 0) is 6.42 Å². The van der Waals surface area contributed by atoms with Gasteiger partial charge in [0, 0.05) is 6.07 Å². The Kier molecular flexibility index (Phi) is 2.48. The summed E-state index contributed by atoms with van der Waals surface area (Å²) in [5.74, 6) is 0.588. The van der Waals surface area contributed by atoms with Crippen LogP contribution in [0.25, 0.3) is 0 Å². The Bertz CT molecular complexity index is 269. The second-order valence-electron chi connectivity index (χ2n) is 2.09. The normalized spacial score (nSPS) is 12.0. The second kappa shape index (κ2) is 3.39. The zero-order valence-electron chi connectivity index (χ0n) is 5.91. The van der Waals surface area contributed by atoms with Crippen LogP contribution in [0, 0.1) is 6.92 Å². The summed E-state index contributed by atoms with van der Waals surface area (Å²) in [7, 11) is 0. The summed E-state index contributed by atoms with van der Waals surface area (Å²) in [5.41, 5.74) is 0.780. The molecule has 0 aliphatic heterocycles. The van der Waals surface area contributed by atoms with Crippen molar-refractivity contribution in [1.29, 1.82) is 0 Å². The van der Waals surface area contributed by atoms with E-state index >= 15 is 0 Å². The lowest BCUT2D eigenvalue weighted by atomic mass is 10.3. The van der Waals surface area contributed by atoms with Crippen LogP contribution in [0.1, 0.15) is 11.5 Å². The maximum Gasteiger partial charge on any atom is 0.152 e. The van der Waals surface area contributed by atoms with E-state index in [1.54, 1.807) is 13.0 Å². The van der Waals surface area contributed by atoms with Crippen molar-refractivity contribution in [2.24, 2.45) is 5.16 Å². The van der Waals surface area contributed by atoms with Gasteiger partial charge in [0.25, 0.3) is 0 Å². The van der Waals surface area contributed by atoms with E-state index in [1.165, 1.54) is 0 Å². The molecule has 0 aromatic carbocycles. The quantitative estimate of drug-likeness (QED) is 0.421. The van der Waals surface area contributed by atoms with E-state index in [0.29, 0.717) is 5.76 Å². The van der Waals surface area contributed by atoms with Gasteiger partial charge >= 0.3 is 0 Å². The molecule has 0 radical (unpaired) electrons. The molecule has 0 bridgehead atoms. The standard InChI is InChI=1S/C6H7ClN2O2/c1-4-2-5(11-9-4)3-6(7)8-10/h2,10H,3H2,1H3/b8-6-. The van der Waals surface area contributed by atoms with Crippen molar-refractivity contribution in [3.8, 4) is 0 Å².